The van der Waals surface area contributed by atoms with E-state index in [2.05, 4.69) is 22.8 Å². The van der Waals surface area contributed by atoms with Crippen molar-refractivity contribution in [3.63, 3.8) is 0 Å². The molecule has 0 heterocycles. The van der Waals surface area contributed by atoms with E-state index in [1.165, 1.54) is 4.90 Å². The molecule has 0 aliphatic carbocycles. The molecular formula is C17H20N2O2S. The molecule has 116 valence electrons. The Bertz CT molecular complexity index is 573. The molecule has 0 aromatic heterocycles. The predicted octanol–water partition coefficient (Wildman–Crippen LogP) is 4.00. The highest BCUT2D eigenvalue weighted by atomic mass is 32.2. The maximum absolute atomic E-state index is 11.8. The van der Waals surface area contributed by atoms with E-state index in [4.69, 9.17) is 4.74 Å². The van der Waals surface area contributed by atoms with Crippen LogP contribution in [-0.4, -0.2) is 24.9 Å². The zero-order valence-corrected chi connectivity index (χ0v) is 13.4. The van der Waals surface area contributed by atoms with Crippen molar-refractivity contribution in [2.45, 2.75) is 11.8 Å². The van der Waals surface area contributed by atoms with Crippen LogP contribution >= 0.6 is 11.8 Å². The standard InChI is InChI=1S/C17H20N2O2S/c1-2-21-15-10-8-14(9-11-15)19-17(20)18-12-13-22-16-6-4-3-5-7-16/h3-11H,2,12-13H2,1H3,(H2,18,19,20). The number of nitrogens with one attached hydrogen (secondary N) is 2. The molecule has 0 saturated heterocycles. The van der Waals surface area contributed by atoms with Gasteiger partial charge in [0.05, 0.1) is 6.61 Å². The van der Waals surface area contributed by atoms with Gasteiger partial charge in [0.15, 0.2) is 0 Å². The second kappa shape index (κ2) is 9.00. The van der Waals surface area contributed by atoms with Gasteiger partial charge in [-0.1, -0.05) is 18.2 Å². The summed E-state index contributed by atoms with van der Waals surface area (Å²) in [6.07, 6.45) is 0. The van der Waals surface area contributed by atoms with Gasteiger partial charge in [0.25, 0.3) is 0 Å². The molecule has 0 aliphatic rings. The topological polar surface area (TPSA) is 50.4 Å². The molecule has 2 rings (SSSR count). The van der Waals surface area contributed by atoms with Gasteiger partial charge in [-0.2, -0.15) is 0 Å². The molecule has 0 bridgehead atoms. The minimum absolute atomic E-state index is 0.196. The summed E-state index contributed by atoms with van der Waals surface area (Å²) >= 11 is 1.72. The Morgan fingerprint density at radius 1 is 1.09 bits per heavy atom. The molecule has 0 spiro atoms. The lowest BCUT2D eigenvalue weighted by molar-refractivity contribution is 0.252. The maximum Gasteiger partial charge on any atom is 0.319 e. The third kappa shape index (κ3) is 5.69. The number of thioether (sulfide) groups is 1. The van der Waals surface area contributed by atoms with Gasteiger partial charge < -0.3 is 15.4 Å². The van der Waals surface area contributed by atoms with Gasteiger partial charge in [-0.05, 0) is 43.3 Å². The molecule has 0 fully saturated rings. The van der Waals surface area contributed by atoms with E-state index in [1.807, 2.05) is 49.4 Å². The molecule has 0 aliphatic heterocycles. The first kappa shape index (κ1) is 16.2. The van der Waals surface area contributed by atoms with Crippen molar-refractivity contribution >= 4 is 23.5 Å². The Kier molecular flexibility index (Phi) is 6.64. The van der Waals surface area contributed by atoms with E-state index in [1.54, 1.807) is 11.8 Å². The summed E-state index contributed by atoms with van der Waals surface area (Å²) in [7, 11) is 0. The first-order chi connectivity index (χ1) is 10.8. The van der Waals surface area contributed by atoms with Crippen molar-refractivity contribution < 1.29 is 9.53 Å². The molecule has 0 radical (unpaired) electrons. The number of carbonyl (C=O) groups is 1. The number of hydrogen-bond donors (Lipinski definition) is 2. The maximum atomic E-state index is 11.8. The number of benzene rings is 2. The Morgan fingerprint density at radius 3 is 2.50 bits per heavy atom. The third-order valence-corrected chi connectivity index (χ3v) is 3.84. The number of ether oxygens (including phenoxy) is 1. The molecule has 4 nitrogen and oxygen atoms in total. The summed E-state index contributed by atoms with van der Waals surface area (Å²) in [5.74, 6) is 1.63. The molecular weight excluding hydrogens is 296 g/mol. The van der Waals surface area contributed by atoms with E-state index in [0.717, 1.165) is 17.2 Å². The van der Waals surface area contributed by atoms with Crippen molar-refractivity contribution in [2.24, 2.45) is 0 Å². The van der Waals surface area contributed by atoms with Crippen LogP contribution in [0.25, 0.3) is 0 Å². The average Bonchev–Trinajstić information content (AvgIpc) is 2.55. The van der Waals surface area contributed by atoms with E-state index >= 15 is 0 Å². The molecule has 2 amide bonds. The minimum atomic E-state index is -0.196. The SMILES string of the molecule is CCOc1ccc(NC(=O)NCCSc2ccccc2)cc1. The zero-order chi connectivity index (χ0) is 15.6. The van der Waals surface area contributed by atoms with Crippen LogP contribution in [-0.2, 0) is 0 Å². The van der Waals surface area contributed by atoms with E-state index in [0.29, 0.717) is 13.2 Å². The van der Waals surface area contributed by atoms with Gasteiger partial charge in [0, 0.05) is 22.9 Å². The van der Waals surface area contributed by atoms with Crippen LogP contribution in [0.5, 0.6) is 5.75 Å². The van der Waals surface area contributed by atoms with Gasteiger partial charge >= 0.3 is 6.03 Å². The van der Waals surface area contributed by atoms with Crippen molar-refractivity contribution in [3.05, 3.63) is 54.6 Å². The molecule has 2 aromatic rings. The van der Waals surface area contributed by atoms with Gasteiger partial charge in [-0.15, -0.1) is 11.8 Å². The Hall–Kier alpha value is -2.14. The average molecular weight is 316 g/mol. The Balaban J connectivity index is 1.67. The molecule has 2 N–H and O–H groups in total. The largest absolute Gasteiger partial charge is 0.494 e. The van der Waals surface area contributed by atoms with Crippen LogP contribution < -0.4 is 15.4 Å². The lowest BCUT2D eigenvalue weighted by atomic mass is 10.3. The van der Waals surface area contributed by atoms with Crippen LogP contribution in [0.15, 0.2) is 59.5 Å². The fourth-order valence-electron chi connectivity index (χ4n) is 1.83. The molecule has 2 aromatic carbocycles. The fourth-order valence-corrected chi connectivity index (χ4v) is 2.62. The van der Waals surface area contributed by atoms with Crippen LogP contribution in [0.4, 0.5) is 10.5 Å². The number of anilines is 1. The van der Waals surface area contributed by atoms with Gasteiger partial charge in [-0.25, -0.2) is 4.79 Å². The predicted molar refractivity (Wildman–Crippen MR) is 91.8 cm³/mol. The van der Waals surface area contributed by atoms with E-state index in [-0.39, 0.29) is 6.03 Å². The van der Waals surface area contributed by atoms with Gasteiger partial charge in [-0.3, -0.25) is 0 Å². The number of rotatable bonds is 7. The molecule has 5 heteroatoms. The van der Waals surface area contributed by atoms with Crippen LogP contribution in [0.2, 0.25) is 0 Å². The highest BCUT2D eigenvalue weighted by Gasteiger charge is 2.01. The summed E-state index contributed by atoms with van der Waals surface area (Å²) in [5.41, 5.74) is 0.747. The monoisotopic (exact) mass is 316 g/mol. The van der Waals surface area contributed by atoms with E-state index < -0.39 is 0 Å². The Labute approximate surface area is 135 Å². The quantitative estimate of drug-likeness (QED) is 0.599. The number of amides is 2. The van der Waals surface area contributed by atoms with Crippen molar-refractivity contribution in [3.8, 4) is 5.75 Å². The molecule has 22 heavy (non-hydrogen) atoms. The summed E-state index contributed by atoms with van der Waals surface area (Å²) < 4.78 is 5.36. The normalized spacial score (nSPS) is 10.0. The molecule has 0 unspecified atom stereocenters. The smallest absolute Gasteiger partial charge is 0.319 e. The van der Waals surface area contributed by atoms with E-state index in [9.17, 15) is 4.79 Å². The zero-order valence-electron chi connectivity index (χ0n) is 12.5. The van der Waals surface area contributed by atoms with Gasteiger partial charge in [0.2, 0.25) is 0 Å². The second-order valence-corrected chi connectivity index (χ2v) is 5.67. The second-order valence-electron chi connectivity index (χ2n) is 4.50. The highest BCUT2D eigenvalue weighted by molar-refractivity contribution is 7.99. The van der Waals surface area contributed by atoms with Crippen LogP contribution in [0, 0.1) is 0 Å². The molecule has 0 atom stereocenters. The minimum Gasteiger partial charge on any atom is -0.494 e. The lowest BCUT2D eigenvalue weighted by Crippen LogP contribution is -2.30. The molecule has 0 saturated carbocycles. The lowest BCUT2D eigenvalue weighted by Gasteiger charge is -2.08. The summed E-state index contributed by atoms with van der Waals surface area (Å²) in [6, 6.07) is 17.3. The van der Waals surface area contributed by atoms with Crippen molar-refractivity contribution in [1.29, 1.82) is 0 Å². The highest BCUT2D eigenvalue weighted by Crippen LogP contribution is 2.16. The van der Waals surface area contributed by atoms with Gasteiger partial charge in [0.1, 0.15) is 5.75 Å². The summed E-state index contributed by atoms with van der Waals surface area (Å²) in [5, 5.41) is 5.63. The van der Waals surface area contributed by atoms with Crippen molar-refractivity contribution in [2.75, 3.05) is 24.2 Å². The summed E-state index contributed by atoms with van der Waals surface area (Å²) in [6.45, 7) is 3.18. The fraction of sp³-hybridized carbons (Fsp3) is 0.235. The van der Waals surface area contributed by atoms with Crippen LogP contribution in [0.1, 0.15) is 6.92 Å². The van der Waals surface area contributed by atoms with Crippen molar-refractivity contribution in [1.82, 2.24) is 5.32 Å². The number of hydrogen-bond acceptors (Lipinski definition) is 3. The Morgan fingerprint density at radius 2 is 1.82 bits per heavy atom. The third-order valence-electron chi connectivity index (χ3n) is 2.82. The summed E-state index contributed by atoms with van der Waals surface area (Å²) in [4.78, 5) is 13.0. The number of urea groups is 1. The first-order valence-corrected chi connectivity index (χ1v) is 8.22. The van der Waals surface area contributed by atoms with Crippen LogP contribution in [0.3, 0.4) is 0 Å². The number of carbonyl (C=O) groups excluding carboxylic acids is 1. The first-order valence-electron chi connectivity index (χ1n) is 7.23.